The Labute approximate surface area is 233 Å². The first-order chi connectivity index (χ1) is 9.12. The van der Waals surface area contributed by atoms with Gasteiger partial charge in [0.1, 0.15) is 0 Å². The van der Waals surface area contributed by atoms with E-state index in [1.807, 2.05) is 0 Å². The van der Waals surface area contributed by atoms with Gasteiger partial charge < -0.3 is 45.5 Å². The van der Waals surface area contributed by atoms with E-state index in [0.29, 0.717) is 13.1 Å². The molecule has 0 radical (unpaired) electrons. The topological polar surface area (TPSA) is 190 Å². The Morgan fingerprint density at radius 2 is 0.958 bits per heavy atom. The van der Waals surface area contributed by atoms with Gasteiger partial charge in [0.2, 0.25) is 0 Å². The summed E-state index contributed by atoms with van der Waals surface area (Å²) in [6, 6.07) is 0. The average molecular weight is 423 g/mol. The minimum Gasteiger partial charge on any atom is -0.811 e. The van der Waals surface area contributed by atoms with Gasteiger partial charge in [0, 0.05) is 26.2 Å². The second kappa shape index (κ2) is 27.2. The van der Waals surface area contributed by atoms with E-state index in [4.69, 9.17) is 11.5 Å². The van der Waals surface area contributed by atoms with Gasteiger partial charge in [-0.15, -0.1) is 0 Å². The number of nitrogens with one attached hydrogen (secondary N) is 1. The maximum Gasteiger partial charge on any atom is 1.00 e. The van der Waals surface area contributed by atoms with Crippen molar-refractivity contribution < 1.29 is 147 Å². The van der Waals surface area contributed by atoms with Crippen LogP contribution in [-0.4, -0.2) is 38.5 Å². The summed E-state index contributed by atoms with van der Waals surface area (Å²) in [4.78, 5) is 40.3. The zero-order chi connectivity index (χ0) is 16.1. The summed E-state index contributed by atoms with van der Waals surface area (Å²) in [6.45, 7) is 3.13. The van der Waals surface area contributed by atoms with Gasteiger partial charge in [-0.2, -0.15) is 0 Å². The first-order valence-corrected chi connectivity index (χ1v) is 9.71. The zero-order valence-corrected chi connectivity index (χ0v) is 25.2. The predicted octanol–water partition coefficient (Wildman–Crippen LogP) is -15.5. The van der Waals surface area contributed by atoms with Crippen molar-refractivity contribution in [2.45, 2.75) is 19.3 Å². The van der Waals surface area contributed by atoms with Crippen LogP contribution in [0.5, 0.6) is 0 Å². The maximum absolute atomic E-state index is 10.1. The second-order valence-electron chi connectivity index (χ2n) is 4.06. The molecule has 9 nitrogen and oxygen atoms in total. The molecule has 5 N–H and O–H groups in total. The maximum atomic E-state index is 10.1. The third-order valence-electron chi connectivity index (χ3n) is 2.01. The van der Waals surface area contributed by atoms with E-state index >= 15 is 0 Å². The Balaban J connectivity index is -0.0000000650. The molecule has 0 amide bonds. The molecule has 0 bridgehead atoms. The van der Waals surface area contributed by atoms with Crippen molar-refractivity contribution in [3.05, 3.63) is 0 Å². The largest absolute Gasteiger partial charge is 1.00 e. The molecule has 0 heterocycles. The summed E-state index contributed by atoms with van der Waals surface area (Å²) < 4.78 is 20.2. The van der Waals surface area contributed by atoms with Crippen LogP contribution >= 0.6 is 15.2 Å². The molecule has 0 aliphatic carbocycles. The summed E-state index contributed by atoms with van der Waals surface area (Å²) in [6.07, 6.45) is -0.457. The molecular weight excluding hydrogens is 400 g/mol. The van der Waals surface area contributed by atoms with Crippen molar-refractivity contribution in [1.82, 2.24) is 5.32 Å². The Morgan fingerprint density at radius 1 is 0.667 bits per heavy atom. The summed E-state index contributed by atoms with van der Waals surface area (Å²) in [7, 11) is -8.94. The molecule has 124 valence electrons. The number of hydrogen-bond donors (Lipinski definition) is 3. The van der Waals surface area contributed by atoms with Gasteiger partial charge in [0.15, 0.2) is 0 Å². The van der Waals surface area contributed by atoms with Crippen LogP contribution in [-0.2, 0) is 9.13 Å². The predicted molar refractivity (Wildman–Crippen MR) is 69.8 cm³/mol. The first kappa shape index (κ1) is 42.3. The van der Waals surface area contributed by atoms with Crippen molar-refractivity contribution in [1.29, 1.82) is 0 Å². The molecule has 0 saturated heterocycles. The van der Waals surface area contributed by atoms with Gasteiger partial charge in [0.05, 0.1) is 0 Å². The van der Waals surface area contributed by atoms with E-state index in [-0.39, 0.29) is 137 Å². The molecule has 0 aliphatic heterocycles. The molecule has 0 rings (SSSR count). The fraction of sp³-hybridized carbons (Fsp3) is 1.00. The van der Waals surface area contributed by atoms with E-state index in [2.05, 4.69) is 5.32 Å². The SMILES string of the molecule is NCCNCCN.O=P([O-])([O-])CCCCCP(=O)([O-])[O-].[Na+].[Na+].[Na+].[Na+]. The van der Waals surface area contributed by atoms with Crippen molar-refractivity contribution in [3.8, 4) is 0 Å². The molecule has 0 aromatic heterocycles. The van der Waals surface area contributed by atoms with Gasteiger partial charge in [-0.3, -0.25) is 0 Å². The Hall–Kier alpha value is 4.18. The first-order valence-electron chi connectivity index (χ1n) is 6.25. The summed E-state index contributed by atoms with van der Waals surface area (Å²) in [5.74, 6) is 0. The van der Waals surface area contributed by atoms with Gasteiger partial charge in [-0.25, -0.2) is 0 Å². The minimum absolute atomic E-state index is 0. The van der Waals surface area contributed by atoms with E-state index in [1.54, 1.807) is 0 Å². The van der Waals surface area contributed by atoms with E-state index < -0.39 is 27.5 Å². The summed E-state index contributed by atoms with van der Waals surface area (Å²) in [5, 5.41) is 3.03. The number of unbranched alkanes of at least 4 members (excludes halogenated alkanes) is 2. The molecular formula is C9H23N3Na4O6P2. The van der Waals surface area contributed by atoms with Crippen LogP contribution in [0, 0.1) is 0 Å². The normalized spacial score (nSPS) is 9.92. The van der Waals surface area contributed by atoms with Crippen LogP contribution in [0.15, 0.2) is 0 Å². The average Bonchev–Trinajstić information content (AvgIpc) is 2.27. The van der Waals surface area contributed by atoms with E-state index in [1.165, 1.54) is 0 Å². The van der Waals surface area contributed by atoms with Gasteiger partial charge in [0.25, 0.3) is 0 Å². The standard InChI is InChI=1S/C5H14O6P2.C4H13N3.4Na/c6-12(7,8)4-2-1-3-5-13(9,10)11;5-1-3-7-4-2-6;;;;/h1-5H2,(H2,6,7,8)(H2,9,10,11);7H,1-6H2;;;;/q;;4*+1/p-4. The Kier molecular flexibility index (Phi) is 47.9. The van der Waals surface area contributed by atoms with Crippen LogP contribution in [0.1, 0.15) is 19.3 Å². The van der Waals surface area contributed by atoms with Crippen LogP contribution in [0.2, 0.25) is 0 Å². The molecule has 0 aromatic rings. The quantitative estimate of drug-likeness (QED) is 0.174. The monoisotopic (exact) mass is 423 g/mol. The zero-order valence-electron chi connectivity index (χ0n) is 15.4. The third kappa shape index (κ3) is 50.2. The molecule has 0 unspecified atom stereocenters. The van der Waals surface area contributed by atoms with Gasteiger partial charge >= 0.3 is 118 Å². The fourth-order valence-electron chi connectivity index (χ4n) is 1.12. The third-order valence-corrected chi connectivity index (χ3v) is 3.73. The van der Waals surface area contributed by atoms with Crippen LogP contribution in [0.3, 0.4) is 0 Å². The molecule has 15 heteroatoms. The summed E-state index contributed by atoms with van der Waals surface area (Å²) in [5.41, 5.74) is 10.3. The van der Waals surface area contributed by atoms with Crippen LogP contribution < -0.4 is 155 Å². The second-order valence-corrected chi connectivity index (χ2v) is 7.40. The molecule has 0 spiro atoms. The van der Waals surface area contributed by atoms with Gasteiger partial charge in [-0.05, 0) is 25.2 Å². The molecule has 0 saturated carbocycles. The number of hydrogen-bond acceptors (Lipinski definition) is 9. The molecule has 0 atom stereocenters. The number of nitrogens with two attached hydrogens (primary N) is 2. The summed E-state index contributed by atoms with van der Waals surface area (Å²) >= 11 is 0. The van der Waals surface area contributed by atoms with E-state index in [0.717, 1.165) is 13.1 Å². The fourth-order valence-corrected chi connectivity index (χ4v) is 2.34. The molecule has 0 fully saturated rings. The van der Waals surface area contributed by atoms with Crippen LogP contribution in [0.25, 0.3) is 0 Å². The van der Waals surface area contributed by atoms with Crippen molar-refractivity contribution in [2.24, 2.45) is 11.5 Å². The van der Waals surface area contributed by atoms with Crippen molar-refractivity contribution in [2.75, 3.05) is 38.5 Å². The Bertz CT molecular complexity index is 294. The van der Waals surface area contributed by atoms with Crippen LogP contribution in [0.4, 0.5) is 0 Å². The molecule has 0 aliphatic rings. The van der Waals surface area contributed by atoms with Crippen molar-refractivity contribution in [3.63, 3.8) is 0 Å². The minimum atomic E-state index is -4.47. The van der Waals surface area contributed by atoms with Gasteiger partial charge in [-0.1, -0.05) is 21.6 Å². The number of rotatable bonds is 10. The smallest absolute Gasteiger partial charge is 0.811 e. The molecule has 0 aromatic carbocycles. The molecule has 24 heavy (non-hydrogen) atoms. The van der Waals surface area contributed by atoms with E-state index in [9.17, 15) is 28.7 Å². The van der Waals surface area contributed by atoms with Crippen molar-refractivity contribution >= 4 is 15.2 Å². The Morgan fingerprint density at radius 3 is 1.17 bits per heavy atom.